The van der Waals surface area contributed by atoms with Crippen molar-refractivity contribution in [1.82, 2.24) is 14.8 Å². The van der Waals surface area contributed by atoms with E-state index in [-0.39, 0.29) is 16.3 Å². The first-order valence-corrected chi connectivity index (χ1v) is 9.12. The van der Waals surface area contributed by atoms with E-state index in [1.165, 1.54) is 12.1 Å². The van der Waals surface area contributed by atoms with Crippen molar-refractivity contribution in [2.24, 2.45) is 0 Å². The van der Waals surface area contributed by atoms with Crippen molar-refractivity contribution in [1.29, 1.82) is 0 Å². The normalized spacial score (nSPS) is 12.2. The Kier molecular flexibility index (Phi) is 6.31. The Morgan fingerprint density at radius 3 is 2.60 bits per heavy atom. The van der Waals surface area contributed by atoms with Crippen molar-refractivity contribution in [3.63, 3.8) is 0 Å². The Morgan fingerprint density at radius 1 is 1.23 bits per heavy atom. The van der Waals surface area contributed by atoms with Gasteiger partial charge in [-0.05, 0) is 48.4 Å². The van der Waals surface area contributed by atoms with E-state index >= 15 is 0 Å². The highest BCUT2D eigenvalue weighted by Gasteiger charge is 2.32. The van der Waals surface area contributed by atoms with Gasteiger partial charge in [-0.1, -0.05) is 23.7 Å². The number of nitrogens with one attached hydrogen (secondary N) is 1. The van der Waals surface area contributed by atoms with Crippen LogP contribution in [0.2, 0.25) is 5.02 Å². The number of rotatable bonds is 6. The molecule has 0 radical (unpaired) electrons. The number of aromatic nitrogens is 3. The van der Waals surface area contributed by atoms with Crippen LogP contribution in [0.4, 0.5) is 23.4 Å². The summed E-state index contributed by atoms with van der Waals surface area (Å²) in [4.78, 5) is 4.23. The van der Waals surface area contributed by atoms with Gasteiger partial charge in [-0.2, -0.15) is 5.10 Å². The number of halogens is 5. The molecule has 0 bridgehead atoms. The van der Waals surface area contributed by atoms with Gasteiger partial charge in [0.25, 0.3) is 0 Å². The third-order valence-electron chi connectivity index (χ3n) is 4.11. The molecule has 0 aliphatic carbocycles. The number of anilines is 1. The predicted molar refractivity (Wildman–Crippen MR) is 107 cm³/mol. The number of pyridine rings is 1. The van der Waals surface area contributed by atoms with Gasteiger partial charge in [-0.3, -0.25) is 4.68 Å². The quantitative estimate of drug-likeness (QED) is 0.500. The minimum atomic E-state index is -4.86. The summed E-state index contributed by atoms with van der Waals surface area (Å²) in [6.07, 6.45) is -2.02. The summed E-state index contributed by atoms with van der Waals surface area (Å²) in [5.74, 6) is -0.475. The van der Waals surface area contributed by atoms with Crippen LogP contribution in [-0.2, 0) is 6.54 Å². The molecule has 10 heteroatoms. The van der Waals surface area contributed by atoms with Crippen LogP contribution in [0.1, 0.15) is 22.5 Å². The zero-order valence-electron chi connectivity index (χ0n) is 16.0. The molecule has 0 aliphatic rings. The summed E-state index contributed by atoms with van der Waals surface area (Å²) in [7, 11) is 1.77. The molecule has 0 spiro atoms. The van der Waals surface area contributed by atoms with E-state index in [1.807, 2.05) is 12.1 Å². The monoisotopic (exact) mass is 440 g/mol. The van der Waals surface area contributed by atoms with Gasteiger partial charge in [0.05, 0.1) is 11.6 Å². The van der Waals surface area contributed by atoms with E-state index in [0.717, 1.165) is 29.2 Å². The van der Waals surface area contributed by atoms with Gasteiger partial charge in [0, 0.05) is 18.9 Å². The van der Waals surface area contributed by atoms with Gasteiger partial charge in [0.15, 0.2) is 5.83 Å². The van der Waals surface area contributed by atoms with Gasteiger partial charge in [-0.15, -0.1) is 13.2 Å². The van der Waals surface area contributed by atoms with Crippen LogP contribution in [0.15, 0.2) is 42.6 Å². The molecular weight excluding hydrogens is 424 g/mol. The fourth-order valence-corrected chi connectivity index (χ4v) is 2.89. The van der Waals surface area contributed by atoms with E-state index in [2.05, 4.69) is 20.1 Å². The molecule has 1 aromatic carbocycles. The number of benzene rings is 1. The van der Waals surface area contributed by atoms with Gasteiger partial charge in [0.1, 0.15) is 17.3 Å². The lowest BCUT2D eigenvalue weighted by Crippen LogP contribution is -2.17. The molecule has 2 heterocycles. The van der Waals surface area contributed by atoms with Crippen LogP contribution < -0.4 is 10.1 Å². The third-order valence-corrected chi connectivity index (χ3v) is 4.41. The van der Waals surface area contributed by atoms with Crippen molar-refractivity contribution < 1.29 is 22.3 Å². The van der Waals surface area contributed by atoms with E-state index in [1.54, 1.807) is 30.9 Å². The molecule has 0 unspecified atom stereocenters. The van der Waals surface area contributed by atoms with Crippen LogP contribution in [0.3, 0.4) is 0 Å². The molecule has 1 N–H and O–H groups in total. The first kappa shape index (κ1) is 21.6. The van der Waals surface area contributed by atoms with Crippen molar-refractivity contribution in [2.75, 3.05) is 12.4 Å². The zero-order chi connectivity index (χ0) is 21.9. The van der Waals surface area contributed by atoms with Gasteiger partial charge < -0.3 is 10.1 Å². The molecule has 5 nitrogen and oxygen atoms in total. The average Bonchev–Trinajstić information content (AvgIpc) is 3.04. The molecule has 0 aliphatic heterocycles. The smallest absolute Gasteiger partial charge is 0.404 e. The van der Waals surface area contributed by atoms with E-state index < -0.39 is 17.9 Å². The van der Waals surface area contributed by atoms with Crippen molar-refractivity contribution >= 4 is 29.3 Å². The second-order valence-electron chi connectivity index (χ2n) is 6.36. The van der Waals surface area contributed by atoms with Gasteiger partial charge >= 0.3 is 6.36 Å². The first-order chi connectivity index (χ1) is 14.1. The SMILES string of the molecule is CNc1ccc(Cn2nc(C(F)=Cc3ccc(OC(F)(F)F)c(Cl)c3)cc2C)cn1. The Morgan fingerprint density at radius 2 is 2.00 bits per heavy atom. The number of alkyl halides is 3. The Labute approximate surface area is 175 Å². The highest BCUT2D eigenvalue weighted by Crippen LogP contribution is 2.32. The lowest BCUT2D eigenvalue weighted by Gasteiger charge is -2.10. The van der Waals surface area contributed by atoms with Crippen LogP contribution in [0, 0.1) is 6.92 Å². The molecular formula is C20H17ClF4N4O. The van der Waals surface area contributed by atoms with Crippen molar-refractivity contribution in [3.05, 3.63) is 70.1 Å². The molecule has 0 saturated heterocycles. The largest absolute Gasteiger partial charge is 0.573 e. The van der Waals surface area contributed by atoms with Crippen LogP contribution in [0.5, 0.6) is 5.75 Å². The highest BCUT2D eigenvalue weighted by atomic mass is 35.5. The summed E-state index contributed by atoms with van der Waals surface area (Å²) in [5.41, 5.74) is 1.99. The fraction of sp³-hybridized carbons (Fsp3) is 0.200. The second kappa shape index (κ2) is 8.74. The Bertz CT molecular complexity index is 1060. The second-order valence-corrected chi connectivity index (χ2v) is 6.77. The minimum absolute atomic E-state index is 0.0963. The molecule has 30 heavy (non-hydrogen) atoms. The number of hydrogen-bond acceptors (Lipinski definition) is 4. The Balaban J connectivity index is 1.78. The summed E-state index contributed by atoms with van der Waals surface area (Å²) in [5, 5.41) is 6.90. The molecule has 2 aromatic heterocycles. The Hall–Kier alpha value is -3.07. The maximum absolute atomic E-state index is 14.7. The molecule has 0 atom stereocenters. The maximum Gasteiger partial charge on any atom is 0.573 e. The number of hydrogen-bond donors (Lipinski definition) is 1. The van der Waals surface area contributed by atoms with Crippen molar-refractivity contribution in [3.8, 4) is 5.75 Å². The van der Waals surface area contributed by atoms with E-state index in [4.69, 9.17) is 11.6 Å². The zero-order valence-corrected chi connectivity index (χ0v) is 16.7. The lowest BCUT2D eigenvalue weighted by atomic mass is 10.2. The average molecular weight is 441 g/mol. The number of aryl methyl sites for hydroxylation is 1. The summed E-state index contributed by atoms with van der Waals surface area (Å²) in [6, 6.07) is 8.76. The lowest BCUT2D eigenvalue weighted by molar-refractivity contribution is -0.274. The minimum Gasteiger partial charge on any atom is -0.404 e. The summed E-state index contributed by atoms with van der Waals surface area (Å²) in [6.45, 7) is 2.20. The van der Waals surface area contributed by atoms with Gasteiger partial charge in [0.2, 0.25) is 0 Å². The maximum atomic E-state index is 14.7. The standard InChI is InChI=1S/C20H17ClF4N4O/c1-12-7-17(28-29(12)11-14-4-6-19(26-2)27-10-14)16(22)9-13-3-5-18(15(21)8-13)30-20(23,24)25/h3-10H,11H2,1-2H3,(H,26,27). The third kappa shape index (κ3) is 5.50. The van der Waals surface area contributed by atoms with E-state index in [0.29, 0.717) is 6.54 Å². The van der Waals surface area contributed by atoms with Crippen molar-refractivity contribution in [2.45, 2.75) is 19.8 Å². The van der Waals surface area contributed by atoms with Gasteiger partial charge in [-0.25, -0.2) is 9.37 Å². The van der Waals surface area contributed by atoms with Crippen LogP contribution in [0.25, 0.3) is 11.9 Å². The molecule has 0 fully saturated rings. The fourth-order valence-electron chi connectivity index (χ4n) is 2.66. The molecule has 0 amide bonds. The highest BCUT2D eigenvalue weighted by molar-refractivity contribution is 6.32. The topological polar surface area (TPSA) is 52.0 Å². The number of ether oxygens (including phenoxy) is 1. The van der Waals surface area contributed by atoms with Crippen LogP contribution in [-0.4, -0.2) is 28.2 Å². The van der Waals surface area contributed by atoms with Crippen LogP contribution >= 0.6 is 11.6 Å². The first-order valence-electron chi connectivity index (χ1n) is 8.74. The molecule has 3 rings (SSSR count). The predicted octanol–water partition coefficient (Wildman–Crippen LogP) is 5.70. The molecule has 0 saturated carbocycles. The number of nitrogens with zero attached hydrogens (tertiary/aromatic N) is 3. The summed E-state index contributed by atoms with van der Waals surface area (Å²) >= 11 is 5.80. The summed E-state index contributed by atoms with van der Waals surface area (Å²) < 4.78 is 57.0. The van der Waals surface area contributed by atoms with E-state index in [9.17, 15) is 17.6 Å². The molecule has 3 aromatic rings. The molecule has 158 valence electrons.